The maximum atomic E-state index is 13.5. The molecule has 1 aliphatic carbocycles. The Kier molecular flexibility index (Phi) is 4.50. The summed E-state index contributed by atoms with van der Waals surface area (Å²) >= 11 is 6.10. The number of halogens is 7. The lowest BCUT2D eigenvalue weighted by molar-refractivity contribution is -0.141. The molecule has 4 rings (SSSR count). The molecule has 5 nitrogen and oxygen atoms in total. The van der Waals surface area contributed by atoms with Crippen molar-refractivity contribution in [2.75, 3.05) is 0 Å². The van der Waals surface area contributed by atoms with Crippen LogP contribution in [0.1, 0.15) is 41.2 Å². The fraction of sp³-hybridized carbons (Fsp3) is 0.438. The van der Waals surface area contributed by atoms with E-state index in [0.29, 0.717) is 23.8 Å². The van der Waals surface area contributed by atoms with Crippen molar-refractivity contribution in [3.8, 4) is 0 Å². The number of fused-ring (bicyclic) bond motifs is 1. The quantitative estimate of drug-likeness (QED) is 0.531. The van der Waals surface area contributed by atoms with Gasteiger partial charge in [-0.15, -0.1) is 0 Å². The second-order valence-electron chi connectivity index (χ2n) is 6.85. The van der Waals surface area contributed by atoms with Gasteiger partial charge in [0, 0.05) is 18.1 Å². The zero-order chi connectivity index (χ0) is 21.3. The van der Waals surface area contributed by atoms with Gasteiger partial charge in [-0.25, -0.2) is 9.67 Å². The number of thiazole rings is 1. The number of aromatic nitrogens is 4. The summed E-state index contributed by atoms with van der Waals surface area (Å²) in [5, 5.41) is 2.99. The van der Waals surface area contributed by atoms with Crippen LogP contribution in [0.5, 0.6) is 0 Å². The summed E-state index contributed by atoms with van der Waals surface area (Å²) in [6, 6.07) is 1.61. The molecule has 0 amide bonds. The van der Waals surface area contributed by atoms with E-state index in [4.69, 9.17) is 11.6 Å². The van der Waals surface area contributed by atoms with Crippen molar-refractivity contribution in [2.45, 2.75) is 38.2 Å². The largest absolute Gasteiger partial charge is 0.435 e. The SMILES string of the molecule is CC1CC1c1c(C(F)(F)F)sc2nc(Cn3nc(C(F)(F)F)cc3Cl)cc(=O)n12. The first kappa shape index (κ1) is 20.2. The molecule has 0 aliphatic heterocycles. The molecule has 3 aromatic rings. The molecule has 29 heavy (non-hydrogen) atoms. The van der Waals surface area contributed by atoms with Gasteiger partial charge in [0.1, 0.15) is 10.0 Å². The number of nitrogens with zero attached hydrogens (tertiary/aromatic N) is 4. The number of hydrogen-bond donors (Lipinski definition) is 0. The number of rotatable bonds is 3. The molecule has 3 aromatic heterocycles. The third kappa shape index (κ3) is 3.63. The molecule has 0 saturated heterocycles. The normalized spacial score (nSPS) is 19.9. The number of alkyl halides is 6. The first-order valence-corrected chi connectivity index (χ1v) is 9.49. The Hall–Kier alpha value is -2.08. The van der Waals surface area contributed by atoms with Gasteiger partial charge in [-0.1, -0.05) is 29.9 Å². The van der Waals surface area contributed by atoms with E-state index in [2.05, 4.69) is 10.1 Å². The van der Waals surface area contributed by atoms with Crippen LogP contribution in [0.15, 0.2) is 16.9 Å². The summed E-state index contributed by atoms with van der Waals surface area (Å²) in [4.78, 5) is 15.6. The molecule has 156 valence electrons. The van der Waals surface area contributed by atoms with Crippen molar-refractivity contribution in [1.82, 2.24) is 19.2 Å². The average molecular weight is 457 g/mol. The highest BCUT2D eigenvalue weighted by atomic mass is 35.5. The second-order valence-corrected chi connectivity index (χ2v) is 8.21. The lowest BCUT2D eigenvalue weighted by Gasteiger charge is -2.07. The van der Waals surface area contributed by atoms with Gasteiger partial charge in [-0.2, -0.15) is 31.4 Å². The van der Waals surface area contributed by atoms with Crippen LogP contribution in [0.25, 0.3) is 4.96 Å². The molecule has 0 bridgehead atoms. The minimum Gasteiger partial charge on any atom is -0.269 e. The highest BCUT2D eigenvalue weighted by Crippen LogP contribution is 2.52. The van der Waals surface area contributed by atoms with Crippen molar-refractivity contribution in [3.05, 3.63) is 49.6 Å². The van der Waals surface area contributed by atoms with Crippen LogP contribution in [0.4, 0.5) is 26.3 Å². The van der Waals surface area contributed by atoms with Crippen LogP contribution in [-0.4, -0.2) is 19.2 Å². The van der Waals surface area contributed by atoms with E-state index < -0.39 is 35.0 Å². The molecule has 1 aliphatic rings. The van der Waals surface area contributed by atoms with Crippen LogP contribution < -0.4 is 5.56 Å². The van der Waals surface area contributed by atoms with Gasteiger partial charge < -0.3 is 0 Å². The Morgan fingerprint density at radius 2 is 1.86 bits per heavy atom. The third-order valence-electron chi connectivity index (χ3n) is 4.66. The van der Waals surface area contributed by atoms with E-state index in [1.807, 2.05) is 0 Å². The van der Waals surface area contributed by atoms with Crippen molar-refractivity contribution < 1.29 is 26.3 Å². The first-order chi connectivity index (χ1) is 13.4. The van der Waals surface area contributed by atoms with Crippen LogP contribution in [-0.2, 0) is 18.9 Å². The van der Waals surface area contributed by atoms with Crippen molar-refractivity contribution in [2.24, 2.45) is 5.92 Å². The second kappa shape index (κ2) is 6.46. The van der Waals surface area contributed by atoms with Crippen LogP contribution in [0.2, 0.25) is 5.15 Å². The lowest BCUT2D eigenvalue weighted by atomic mass is 10.2. The molecule has 2 unspecified atom stereocenters. The summed E-state index contributed by atoms with van der Waals surface area (Å²) in [6.45, 7) is 1.40. The Morgan fingerprint density at radius 1 is 1.21 bits per heavy atom. The van der Waals surface area contributed by atoms with Crippen LogP contribution in [0.3, 0.4) is 0 Å². The predicted octanol–water partition coefficient (Wildman–Crippen LogP) is 4.82. The van der Waals surface area contributed by atoms with Gasteiger partial charge in [0.2, 0.25) is 0 Å². The van der Waals surface area contributed by atoms with Gasteiger partial charge >= 0.3 is 12.4 Å². The van der Waals surface area contributed by atoms with Gasteiger partial charge in [0.15, 0.2) is 10.7 Å². The maximum Gasteiger partial charge on any atom is 0.435 e. The third-order valence-corrected chi connectivity index (χ3v) is 6.06. The highest BCUT2D eigenvalue weighted by molar-refractivity contribution is 7.17. The van der Waals surface area contributed by atoms with E-state index in [-0.39, 0.29) is 33.3 Å². The van der Waals surface area contributed by atoms with E-state index >= 15 is 0 Å². The molecule has 2 atom stereocenters. The van der Waals surface area contributed by atoms with Gasteiger partial charge in [0.05, 0.1) is 17.9 Å². The zero-order valence-corrected chi connectivity index (χ0v) is 16.0. The number of hydrogen-bond acceptors (Lipinski definition) is 4. The molecule has 3 heterocycles. The predicted molar refractivity (Wildman–Crippen MR) is 92.2 cm³/mol. The molecular formula is C16H11ClF6N4OS. The Morgan fingerprint density at radius 3 is 2.38 bits per heavy atom. The molecule has 13 heteroatoms. The molecule has 0 N–H and O–H groups in total. The van der Waals surface area contributed by atoms with Crippen LogP contribution >= 0.6 is 22.9 Å². The maximum absolute atomic E-state index is 13.5. The van der Waals surface area contributed by atoms with E-state index in [9.17, 15) is 31.1 Å². The standard InChI is InChI=1S/C16H11ClF6N4OS/c1-6-2-8(6)12-13(16(21,22)23)29-14-24-7(3-11(28)27(12)14)5-26-10(17)4-9(25-26)15(18,19)20/h3-4,6,8H,2,5H2,1H3. The Balaban J connectivity index is 1.79. The molecule has 0 aromatic carbocycles. The minimum atomic E-state index is -4.71. The highest BCUT2D eigenvalue weighted by Gasteiger charge is 2.46. The summed E-state index contributed by atoms with van der Waals surface area (Å²) in [5.41, 5.74) is -2.10. The topological polar surface area (TPSA) is 52.2 Å². The van der Waals surface area contributed by atoms with Crippen molar-refractivity contribution in [1.29, 1.82) is 0 Å². The van der Waals surface area contributed by atoms with Gasteiger partial charge in [-0.05, 0) is 12.3 Å². The monoisotopic (exact) mass is 456 g/mol. The summed E-state index contributed by atoms with van der Waals surface area (Å²) in [5.74, 6) is -0.371. The van der Waals surface area contributed by atoms with Crippen LogP contribution in [0, 0.1) is 5.92 Å². The van der Waals surface area contributed by atoms with Crippen molar-refractivity contribution in [3.63, 3.8) is 0 Å². The minimum absolute atomic E-state index is 0.0177. The molecule has 0 spiro atoms. The summed E-state index contributed by atoms with van der Waals surface area (Å²) in [6.07, 6.45) is -8.82. The van der Waals surface area contributed by atoms with E-state index in [0.717, 1.165) is 15.1 Å². The lowest BCUT2D eigenvalue weighted by Crippen LogP contribution is -2.19. The van der Waals surface area contributed by atoms with E-state index in [1.165, 1.54) is 0 Å². The van der Waals surface area contributed by atoms with E-state index in [1.54, 1.807) is 6.92 Å². The van der Waals surface area contributed by atoms with Gasteiger partial charge in [0.25, 0.3) is 5.56 Å². The zero-order valence-electron chi connectivity index (χ0n) is 14.5. The Bertz CT molecular complexity index is 1160. The molecular weight excluding hydrogens is 446 g/mol. The first-order valence-electron chi connectivity index (χ1n) is 8.29. The average Bonchev–Trinajstić information content (AvgIpc) is 2.99. The Labute approximate surface area is 167 Å². The molecule has 1 saturated carbocycles. The summed E-state index contributed by atoms with van der Waals surface area (Å²) in [7, 11) is 0. The smallest absolute Gasteiger partial charge is 0.269 e. The van der Waals surface area contributed by atoms with Crippen molar-refractivity contribution >= 4 is 27.9 Å². The fourth-order valence-corrected chi connectivity index (χ4v) is 4.45. The van der Waals surface area contributed by atoms with Gasteiger partial charge in [-0.3, -0.25) is 9.20 Å². The molecule has 0 radical (unpaired) electrons. The fourth-order valence-electron chi connectivity index (χ4n) is 3.16. The summed E-state index contributed by atoms with van der Waals surface area (Å²) < 4.78 is 80.4. The molecule has 1 fully saturated rings.